The molecule has 2 heterocycles. The van der Waals surface area contributed by atoms with E-state index in [0.29, 0.717) is 12.4 Å². The normalized spacial score (nSPS) is 21.3. The lowest BCUT2D eigenvalue weighted by Crippen LogP contribution is -2.27. The Morgan fingerprint density at radius 1 is 1.73 bits per heavy atom. The van der Waals surface area contributed by atoms with E-state index in [0.717, 1.165) is 25.1 Å². The van der Waals surface area contributed by atoms with Crippen molar-refractivity contribution in [2.24, 2.45) is 0 Å². The van der Waals surface area contributed by atoms with Crippen LogP contribution in [0, 0.1) is 0 Å². The largest absolute Gasteiger partial charge is 0.444 e. The second-order valence-electron chi connectivity index (χ2n) is 3.59. The molecule has 2 rings (SSSR count). The van der Waals surface area contributed by atoms with E-state index in [1.165, 1.54) is 0 Å². The van der Waals surface area contributed by atoms with Crippen LogP contribution < -0.4 is 0 Å². The Morgan fingerprint density at radius 2 is 2.53 bits per heavy atom. The molecule has 1 atom stereocenters. The van der Waals surface area contributed by atoms with Gasteiger partial charge in [-0.15, -0.1) is 0 Å². The number of aromatic nitrogens is 1. The molecule has 0 saturated carbocycles. The first-order valence-electron chi connectivity index (χ1n) is 5.07. The van der Waals surface area contributed by atoms with Gasteiger partial charge < -0.3 is 9.32 Å². The SMILES string of the molecule is CCc1cnc(CN2CCC(Br)C2=O)o1. The van der Waals surface area contributed by atoms with Crippen LogP contribution in [0.1, 0.15) is 25.0 Å². The fourth-order valence-corrected chi connectivity index (χ4v) is 2.10. The number of nitrogens with zero attached hydrogens (tertiary/aromatic N) is 2. The lowest BCUT2D eigenvalue weighted by Gasteiger charge is -2.12. The van der Waals surface area contributed by atoms with Crippen molar-refractivity contribution >= 4 is 21.8 Å². The molecule has 0 bridgehead atoms. The molecule has 82 valence electrons. The summed E-state index contributed by atoms with van der Waals surface area (Å²) in [5.41, 5.74) is 0. The van der Waals surface area contributed by atoms with Crippen LogP contribution in [0.15, 0.2) is 10.6 Å². The number of carbonyl (C=O) groups excluding carboxylic acids is 1. The third kappa shape index (κ3) is 2.22. The number of alkyl halides is 1. The molecule has 1 amide bonds. The average Bonchev–Trinajstić information content (AvgIpc) is 2.80. The zero-order valence-corrected chi connectivity index (χ0v) is 10.2. The van der Waals surface area contributed by atoms with Gasteiger partial charge in [-0.1, -0.05) is 22.9 Å². The molecule has 0 N–H and O–H groups in total. The molecule has 1 aliphatic heterocycles. The summed E-state index contributed by atoms with van der Waals surface area (Å²) in [7, 11) is 0. The van der Waals surface area contributed by atoms with Gasteiger partial charge in [0.05, 0.1) is 17.6 Å². The van der Waals surface area contributed by atoms with Gasteiger partial charge in [-0.2, -0.15) is 0 Å². The Hall–Kier alpha value is -0.840. The predicted molar refractivity (Wildman–Crippen MR) is 58.6 cm³/mol. The average molecular weight is 273 g/mol. The number of likely N-dealkylation sites (tertiary alicyclic amines) is 1. The maximum atomic E-state index is 11.6. The van der Waals surface area contributed by atoms with Gasteiger partial charge in [-0.05, 0) is 6.42 Å². The summed E-state index contributed by atoms with van der Waals surface area (Å²) in [4.78, 5) is 17.5. The molecular formula is C10H13BrN2O2. The lowest BCUT2D eigenvalue weighted by molar-refractivity contribution is -0.127. The van der Waals surface area contributed by atoms with Crippen LogP contribution in [-0.4, -0.2) is 27.2 Å². The number of amides is 1. The highest BCUT2D eigenvalue weighted by atomic mass is 79.9. The Morgan fingerprint density at radius 3 is 3.07 bits per heavy atom. The number of carbonyl (C=O) groups is 1. The summed E-state index contributed by atoms with van der Waals surface area (Å²) >= 11 is 3.33. The van der Waals surface area contributed by atoms with Crippen LogP contribution in [0.5, 0.6) is 0 Å². The highest BCUT2D eigenvalue weighted by Gasteiger charge is 2.30. The van der Waals surface area contributed by atoms with Crippen LogP contribution in [0.25, 0.3) is 0 Å². The summed E-state index contributed by atoms with van der Waals surface area (Å²) in [6.07, 6.45) is 3.42. The number of rotatable bonds is 3. The van der Waals surface area contributed by atoms with Crippen LogP contribution in [-0.2, 0) is 17.8 Å². The number of halogens is 1. The minimum Gasteiger partial charge on any atom is -0.444 e. The van der Waals surface area contributed by atoms with Gasteiger partial charge in [-0.25, -0.2) is 4.98 Å². The quantitative estimate of drug-likeness (QED) is 0.788. The van der Waals surface area contributed by atoms with Crippen LogP contribution in [0.4, 0.5) is 0 Å². The fourth-order valence-electron chi connectivity index (χ4n) is 1.61. The summed E-state index contributed by atoms with van der Waals surface area (Å²) in [5.74, 6) is 1.63. The van der Waals surface area contributed by atoms with E-state index < -0.39 is 0 Å². The smallest absolute Gasteiger partial charge is 0.236 e. The van der Waals surface area contributed by atoms with Crippen molar-refractivity contribution in [3.05, 3.63) is 17.8 Å². The van der Waals surface area contributed by atoms with Gasteiger partial charge in [0, 0.05) is 13.0 Å². The van der Waals surface area contributed by atoms with E-state index >= 15 is 0 Å². The van der Waals surface area contributed by atoms with E-state index in [9.17, 15) is 4.79 Å². The standard InChI is InChI=1S/C10H13BrN2O2/c1-2-7-5-12-9(15-7)6-13-4-3-8(11)10(13)14/h5,8H,2-4,6H2,1H3. The molecule has 1 fully saturated rings. The minimum absolute atomic E-state index is 0.0295. The van der Waals surface area contributed by atoms with E-state index in [2.05, 4.69) is 20.9 Å². The Kier molecular flexibility index (Phi) is 3.09. The van der Waals surface area contributed by atoms with Gasteiger partial charge in [0.25, 0.3) is 0 Å². The topological polar surface area (TPSA) is 46.3 Å². The molecule has 15 heavy (non-hydrogen) atoms. The summed E-state index contributed by atoms with van der Waals surface area (Å²) < 4.78 is 5.46. The minimum atomic E-state index is -0.0295. The molecule has 0 radical (unpaired) electrons. The third-order valence-electron chi connectivity index (χ3n) is 2.51. The van der Waals surface area contributed by atoms with Crippen molar-refractivity contribution < 1.29 is 9.21 Å². The van der Waals surface area contributed by atoms with E-state index in [-0.39, 0.29) is 10.7 Å². The first kappa shape index (κ1) is 10.7. The van der Waals surface area contributed by atoms with E-state index in [4.69, 9.17) is 4.42 Å². The van der Waals surface area contributed by atoms with E-state index in [1.54, 1.807) is 11.1 Å². The number of oxazole rings is 1. The molecule has 1 saturated heterocycles. The van der Waals surface area contributed by atoms with Crippen molar-refractivity contribution in [1.82, 2.24) is 9.88 Å². The highest BCUT2D eigenvalue weighted by molar-refractivity contribution is 9.10. The van der Waals surface area contributed by atoms with Gasteiger partial charge in [-0.3, -0.25) is 4.79 Å². The van der Waals surface area contributed by atoms with Crippen molar-refractivity contribution in [2.45, 2.75) is 31.1 Å². The monoisotopic (exact) mass is 272 g/mol. The zero-order chi connectivity index (χ0) is 10.8. The molecule has 1 aliphatic rings. The van der Waals surface area contributed by atoms with Crippen LogP contribution >= 0.6 is 15.9 Å². The van der Waals surface area contributed by atoms with Crippen molar-refractivity contribution in [3.63, 3.8) is 0 Å². The molecule has 1 unspecified atom stereocenters. The highest BCUT2D eigenvalue weighted by Crippen LogP contribution is 2.20. The van der Waals surface area contributed by atoms with Crippen molar-refractivity contribution in [1.29, 1.82) is 0 Å². The Labute approximate surface area is 96.8 Å². The summed E-state index contributed by atoms with van der Waals surface area (Å²) in [5, 5.41) is 0. The fraction of sp³-hybridized carbons (Fsp3) is 0.600. The molecule has 4 nitrogen and oxygen atoms in total. The zero-order valence-electron chi connectivity index (χ0n) is 8.57. The number of hydrogen-bond donors (Lipinski definition) is 0. The first-order chi connectivity index (χ1) is 7.20. The van der Waals surface area contributed by atoms with Crippen molar-refractivity contribution in [3.8, 4) is 0 Å². The second-order valence-corrected chi connectivity index (χ2v) is 4.70. The maximum absolute atomic E-state index is 11.6. The van der Waals surface area contributed by atoms with Crippen LogP contribution in [0.2, 0.25) is 0 Å². The predicted octanol–water partition coefficient (Wildman–Crippen LogP) is 1.73. The molecule has 5 heteroatoms. The molecule has 0 aliphatic carbocycles. The van der Waals surface area contributed by atoms with Crippen molar-refractivity contribution in [2.75, 3.05) is 6.54 Å². The van der Waals surface area contributed by atoms with Gasteiger partial charge in [0.1, 0.15) is 5.76 Å². The third-order valence-corrected chi connectivity index (χ3v) is 3.36. The molecule has 1 aromatic heterocycles. The Bertz CT molecular complexity index is 364. The summed E-state index contributed by atoms with van der Waals surface area (Å²) in [6, 6.07) is 0. The maximum Gasteiger partial charge on any atom is 0.236 e. The van der Waals surface area contributed by atoms with E-state index in [1.807, 2.05) is 6.92 Å². The first-order valence-corrected chi connectivity index (χ1v) is 5.98. The second kappa shape index (κ2) is 4.35. The molecule has 1 aromatic rings. The van der Waals surface area contributed by atoms with Gasteiger partial charge >= 0.3 is 0 Å². The van der Waals surface area contributed by atoms with Gasteiger partial charge in [0.15, 0.2) is 0 Å². The number of hydrogen-bond acceptors (Lipinski definition) is 3. The molecule has 0 spiro atoms. The van der Waals surface area contributed by atoms with Gasteiger partial charge in [0.2, 0.25) is 11.8 Å². The number of aryl methyl sites for hydroxylation is 1. The molecule has 0 aromatic carbocycles. The summed E-state index contributed by atoms with van der Waals surface area (Å²) in [6.45, 7) is 3.28. The molecular weight excluding hydrogens is 260 g/mol. The van der Waals surface area contributed by atoms with Crippen LogP contribution in [0.3, 0.4) is 0 Å². The Balaban J connectivity index is 2.00. The lowest BCUT2D eigenvalue weighted by atomic mass is 10.4.